The van der Waals surface area contributed by atoms with Crippen molar-refractivity contribution >= 4 is 29.4 Å². The topological polar surface area (TPSA) is 92.8 Å². The molecule has 2 rings (SSSR count). The van der Waals surface area contributed by atoms with Gasteiger partial charge in [-0.2, -0.15) is 0 Å². The van der Waals surface area contributed by atoms with E-state index in [1.54, 1.807) is 12.1 Å². The van der Waals surface area contributed by atoms with Gasteiger partial charge in [-0.25, -0.2) is 4.79 Å². The molecule has 7 nitrogen and oxygen atoms in total. The van der Waals surface area contributed by atoms with E-state index < -0.39 is 5.97 Å². The first-order valence-electron chi connectivity index (χ1n) is 8.34. The Balaban J connectivity index is 1.96. The van der Waals surface area contributed by atoms with Crippen LogP contribution in [0.2, 0.25) is 0 Å². The molecule has 0 spiro atoms. The fourth-order valence-electron chi connectivity index (χ4n) is 2.67. The van der Waals surface area contributed by atoms with E-state index in [0.717, 1.165) is 17.7 Å². The average molecular weight is 346 g/mol. The van der Waals surface area contributed by atoms with Crippen molar-refractivity contribution in [3.63, 3.8) is 0 Å². The zero-order valence-electron chi connectivity index (χ0n) is 14.4. The van der Waals surface area contributed by atoms with E-state index in [2.05, 4.69) is 5.32 Å². The first-order chi connectivity index (χ1) is 11.9. The monoisotopic (exact) mass is 346 g/mol. The largest absolute Gasteiger partial charge is 0.452 e. The fourth-order valence-corrected chi connectivity index (χ4v) is 2.67. The maximum Gasteiger partial charge on any atom is 0.338 e. The van der Waals surface area contributed by atoms with Crippen molar-refractivity contribution in [3.05, 3.63) is 29.8 Å². The Morgan fingerprint density at radius 3 is 2.56 bits per heavy atom. The first-order valence-corrected chi connectivity index (χ1v) is 8.34. The third-order valence-electron chi connectivity index (χ3n) is 3.86. The molecular formula is C18H22N2O5. The van der Waals surface area contributed by atoms with E-state index in [-0.39, 0.29) is 48.8 Å². The number of esters is 1. The number of hydrogen-bond donors (Lipinski definition) is 1. The smallest absolute Gasteiger partial charge is 0.338 e. The molecule has 1 N–H and O–H groups in total. The van der Waals surface area contributed by atoms with Gasteiger partial charge in [0.15, 0.2) is 6.61 Å². The molecule has 1 saturated heterocycles. The van der Waals surface area contributed by atoms with Gasteiger partial charge in [-0.1, -0.05) is 19.4 Å². The molecule has 0 bridgehead atoms. The van der Waals surface area contributed by atoms with E-state index in [0.29, 0.717) is 5.69 Å². The summed E-state index contributed by atoms with van der Waals surface area (Å²) >= 11 is 0. The highest BCUT2D eigenvalue weighted by Crippen LogP contribution is 2.23. The summed E-state index contributed by atoms with van der Waals surface area (Å²) in [6.45, 7) is 3.53. The molecule has 0 saturated carbocycles. The van der Waals surface area contributed by atoms with Gasteiger partial charge < -0.3 is 10.1 Å². The van der Waals surface area contributed by atoms with Gasteiger partial charge in [-0.15, -0.1) is 0 Å². The predicted molar refractivity (Wildman–Crippen MR) is 91.0 cm³/mol. The maximum atomic E-state index is 12.1. The molecule has 1 aliphatic heterocycles. The molecule has 7 heteroatoms. The minimum Gasteiger partial charge on any atom is -0.452 e. The second kappa shape index (κ2) is 8.41. The molecular weight excluding hydrogens is 324 g/mol. The quantitative estimate of drug-likeness (QED) is 0.600. The lowest BCUT2D eigenvalue weighted by molar-refractivity contribution is -0.125. The zero-order chi connectivity index (χ0) is 18.4. The number of amides is 3. The van der Waals surface area contributed by atoms with Gasteiger partial charge in [-0.05, 0) is 31.5 Å². The Hall–Kier alpha value is -2.70. The highest BCUT2D eigenvalue weighted by Gasteiger charge is 2.30. The number of carbonyl (C=O) groups excluding carboxylic acids is 4. The number of nitrogens with one attached hydrogen (secondary N) is 1. The number of carbonyl (C=O) groups is 4. The van der Waals surface area contributed by atoms with Crippen LogP contribution in [-0.4, -0.2) is 36.3 Å². The van der Waals surface area contributed by atoms with Gasteiger partial charge in [0, 0.05) is 18.9 Å². The zero-order valence-corrected chi connectivity index (χ0v) is 14.4. The molecule has 1 aliphatic rings. The van der Waals surface area contributed by atoms with E-state index in [4.69, 9.17) is 4.74 Å². The van der Waals surface area contributed by atoms with Gasteiger partial charge in [-0.3, -0.25) is 19.3 Å². The number of anilines is 1. The highest BCUT2D eigenvalue weighted by atomic mass is 16.5. The normalized spacial score (nSPS) is 15.2. The fraction of sp³-hybridized carbons (Fsp3) is 0.444. The molecule has 1 heterocycles. The first kappa shape index (κ1) is 18.6. The molecule has 1 fully saturated rings. The van der Waals surface area contributed by atoms with Gasteiger partial charge in [0.25, 0.3) is 5.91 Å². The van der Waals surface area contributed by atoms with Crippen molar-refractivity contribution in [1.29, 1.82) is 0 Å². The molecule has 0 aromatic heterocycles. The number of rotatable bonds is 7. The number of hydrogen-bond acceptors (Lipinski definition) is 5. The van der Waals surface area contributed by atoms with Crippen LogP contribution in [0.1, 0.15) is 49.9 Å². The molecule has 1 aromatic rings. The Kier molecular flexibility index (Phi) is 6.27. The van der Waals surface area contributed by atoms with Crippen LogP contribution in [0.4, 0.5) is 5.69 Å². The summed E-state index contributed by atoms with van der Waals surface area (Å²) in [7, 11) is 0. The lowest BCUT2D eigenvalue weighted by Crippen LogP contribution is -2.35. The summed E-state index contributed by atoms with van der Waals surface area (Å²) in [5, 5.41) is 2.74. The maximum absolute atomic E-state index is 12.1. The van der Waals surface area contributed by atoms with E-state index in [1.807, 2.05) is 13.8 Å². The van der Waals surface area contributed by atoms with Crippen molar-refractivity contribution in [2.45, 2.75) is 45.6 Å². The van der Waals surface area contributed by atoms with Crippen LogP contribution in [0.5, 0.6) is 0 Å². The Morgan fingerprint density at radius 2 is 1.92 bits per heavy atom. The van der Waals surface area contributed by atoms with Crippen LogP contribution in [0, 0.1) is 0 Å². The summed E-state index contributed by atoms with van der Waals surface area (Å²) in [5.41, 5.74) is 0.516. The van der Waals surface area contributed by atoms with Gasteiger partial charge in [0.2, 0.25) is 11.8 Å². The number of imide groups is 1. The molecule has 0 radical (unpaired) electrons. The lowest BCUT2D eigenvalue weighted by atomic mass is 10.2. The van der Waals surface area contributed by atoms with E-state index in [1.165, 1.54) is 12.1 Å². The molecule has 0 aliphatic carbocycles. The summed E-state index contributed by atoms with van der Waals surface area (Å²) in [6.07, 6.45) is 2.13. The van der Waals surface area contributed by atoms with Crippen LogP contribution in [0.3, 0.4) is 0 Å². The third-order valence-corrected chi connectivity index (χ3v) is 3.86. The van der Waals surface area contributed by atoms with Crippen LogP contribution in [0.15, 0.2) is 24.3 Å². The molecule has 25 heavy (non-hydrogen) atoms. The summed E-state index contributed by atoms with van der Waals surface area (Å²) in [4.78, 5) is 48.5. The summed E-state index contributed by atoms with van der Waals surface area (Å²) < 4.78 is 5.00. The van der Waals surface area contributed by atoms with Gasteiger partial charge in [0.1, 0.15) is 0 Å². The Morgan fingerprint density at radius 1 is 1.24 bits per heavy atom. The lowest BCUT2D eigenvalue weighted by Gasteiger charge is -2.15. The Bertz CT molecular complexity index is 670. The third kappa shape index (κ3) is 4.89. The molecule has 0 unspecified atom stereocenters. The summed E-state index contributed by atoms with van der Waals surface area (Å²) in [5.74, 6) is -1.63. The van der Waals surface area contributed by atoms with E-state index >= 15 is 0 Å². The Labute approximate surface area is 146 Å². The van der Waals surface area contributed by atoms with Crippen molar-refractivity contribution in [2.24, 2.45) is 0 Å². The number of benzene rings is 1. The van der Waals surface area contributed by atoms with E-state index in [9.17, 15) is 19.2 Å². The minimum absolute atomic E-state index is 0.0201. The summed E-state index contributed by atoms with van der Waals surface area (Å²) in [6, 6.07) is 6.09. The van der Waals surface area contributed by atoms with Gasteiger partial charge >= 0.3 is 5.97 Å². The number of nitrogens with zero attached hydrogens (tertiary/aromatic N) is 1. The second-order valence-corrected chi connectivity index (χ2v) is 6.01. The van der Waals surface area contributed by atoms with Crippen LogP contribution in [-0.2, 0) is 19.1 Å². The van der Waals surface area contributed by atoms with Crippen LogP contribution >= 0.6 is 0 Å². The van der Waals surface area contributed by atoms with Crippen molar-refractivity contribution in [1.82, 2.24) is 5.32 Å². The predicted octanol–water partition coefficient (Wildman–Crippen LogP) is 1.80. The highest BCUT2D eigenvalue weighted by molar-refractivity contribution is 6.20. The van der Waals surface area contributed by atoms with Crippen LogP contribution < -0.4 is 10.2 Å². The average Bonchev–Trinajstić information content (AvgIpc) is 2.91. The standard InChI is InChI=1S/C18H22N2O5/c1-3-5-12(2)19-15(21)11-25-18(24)13-6-4-7-14(10-13)20-16(22)8-9-17(20)23/h4,6-7,10,12H,3,5,8-9,11H2,1-2H3,(H,19,21)/t12-/m1/s1. The minimum atomic E-state index is -0.681. The van der Waals surface area contributed by atoms with Crippen molar-refractivity contribution < 1.29 is 23.9 Å². The molecule has 3 amide bonds. The number of ether oxygens (including phenoxy) is 1. The van der Waals surface area contributed by atoms with Crippen LogP contribution in [0.25, 0.3) is 0 Å². The molecule has 134 valence electrons. The van der Waals surface area contributed by atoms with Gasteiger partial charge in [0.05, 0.1) is 11.3 Å². The molecule has 1 atom stereocenters. The second-order valence-electron chi connectivity index (χ2n) is 6.01. The van der Waals surface area contributed by atoms with Crippen molar-refractivity contribution in [3.8, 4) is 0 Å². The van der Waals surface area contributed by atoms with Crippen molar-refractivity contribution in [2.75, 3.05) is 11.5 Å². The molecule has 1 aromatic carbocycles. The SMILES string of the molecule is CCC[C@@H](C)NC(=O)COC(=O)c1cccc(N2C(=O)CCC2=O)c1.